The highest BCUT2D eigenvalue weighted by Gasteiger charge is 2.32. The van der Waals surface area contributed by atoms with Gasteiger partial charge in [0, 0.05) is 37.9 Å². The van der Waals surface area contributed by atoms with E-state index in [4.69, 9.17) is 0 Å². The summed E-state index contributed by atoms with van der Waals surface area (Å²) in [5, 5.41) is 9.54. The Hall–Kier alpha value is 0.840. The van der Waals surface area contributed by atoms with Crippen LogP contribution in [0.4, 0.5) is 0 Å². The van der Waals surface area contributed by atoms with Crippen molar-refractivity contribution in [1.29, 1.82) is 0 Å². The molecule has 1 aromatic rings. The van der Waals surface area contributed by atoms with E-state index in [1.54, 1.807) is 11.3 Å². The Bertz CT molecular complexity index is 355. The summed E-state index contributed by atoms with van der Waals surface area (Å²) >= 11 is 9.70. The van der Waals surface area contributed by atoms with Crippen molar-refractivity contribution < 1.29 is 0 Å². The zero-order chi connectivity index (χ0) is 12.3. The van der Waals surface area contributed by atoms with Crippen LogP contribution in [0.1, 0.15) is 25.5 Å². The van der Waals surface area contributed by atoms with Gasteiger partial charge in [-0.25, -0.2) is 0 Å². The van der Waals surface area contributed by atoms with Gasteiger partial charge < -0.3 is 5.32 Å². The Morgan fingerprint density at radius 1 is 1.41 bits per heavy atom. The Balaban J connectivity index is 2.19. The first-order valence-electron chi connectivity index (χ1n) is 5.92. The van der Waals surface area contributed by atoms with Gasteiger partial charge in [-0.2, -0.15) is 34.9 Å². The second-order valence-electron chi connectivity index (χ2n) is 4.12. The number of halogens is 1. The first kappa shape index (κ1) is 14.3. The molecule has 1 aliphatic heterocycles. The average molecular weight is 352 g/mol. The largest absolute Gasteiger partial charge is 0.309 e. The molecule has 0 radical (unpaired) electrons. The molecule has 2 rings (SSSR count). The van der Waals surface area contributed by atoms with Gasteiger partial charge in [-0.1, -0.05) is 13.8 Å². The first-order chi connectivity index (χ1) is 8.24. The molecule has 0 bridgehead atoms. The van der Waals surface area contributed by atoms with Crippen molar-refractivity contribution in [1.82, 2.24) is 5.32 Å². The van der Waals surface area contributed by atoms with Crippen molar-refractivity contribution in [3.63, 3.8) is 0 Å². The van der Waals surface area contributed by atoms with Gasteiger partial charge in [-0.15, -0.1) is 0 Å². The number of thiophene rings is 1. The standard InChI is InChI=1S/C12H18BrNS3/c1-3-14-11(9-6-15-7-10(9)13)12-8(2)16-4-5-17-12/h6-8,11-12,14H,3-5H2,1-2H3. The van der Waals surface area contributed by atoms with E-state index < -0.39 is 0 Å². The second-order valence-corrected chi connectivity index (χ2v) is 8.49. The third kappa shape index (κ3) is 3.44. The summed E-state index contributed by atoms with van der Waals surface area (Å²) < 4.78 is 1.26. The predicted molar refractivity (Wildman–Crippen MR) is 86.6 cm³/mol. The fourth-order valence-electron chi connectivity index (χ4n) is 2.15. The van der Waals surface area contributed by atoms with Gasteiger partial charge in [-0.3, -0.25) is 0 Å². The van der Waals surface area contributed by atoms with Gasteiger partial charge in [0.05, 0.1) is 0 Å². The molecule has 5 heteroatoms. The fourth-order valence-corrected chi connectivity index (χ4v) is 6.67. The van der Waals surface area contributed by atoms with Crippen LogP contribution in [0.25, 0.3) is 0 Å². The van der Waals surface area contributed by atoms with Crippen LogP contribution in [0.15, 0.2) is 15.2 Å². The summed E-state index contributed by atoms with van der Waals surface area (Å²) in [4.78, 5) is 0. The maximum atomic E-state index is 3.68. The molecule has 96 valence electrons. The van der Waals surface area contributed by atoms with Gasteiger partial charge in [0.25, 0.3) is 0 Å². The summed E-state index contributed by atoms with van der Waals surface area (Å²) in [7, 11) is 0. The molecule has 1 saturated heterocycles. The van der Waals surface area contributed by atoms with Crippen molar-refractivity contribution in [2.45, 2.75) is 30.4 Å². The zero-order valence-corrected chi connectivity index (χ0v) is 14.1. The molecule has 0 aromatic carbocycles. The minimum Gasteiger partial charge on any atom is -0.309 e. The van der Waals surface area contributed by atoms with E-state index in [0.717, 1.165) is 11.8 Å². The molecule has 0 amide bonds. The number of rotatable bonds is 4. The van der Waals surface area contributed by atoms with E-state index in [-0.39, 0.29) is 0 Å². The Labute approximate surface area is 125 Å². The highest BCUT2D eigenvalue weighted by atomic mass is 79.9. The lowest BCUT2D eigenvalue weighted by atomic mass is 10.0. The minimum absolute atomic E-state index is 0.480. The smallest absolute Gasteiger partial charge is 0.0470 e. The van der Waals surface area contributed by atoms with Crippen LogP contribution in [0, 0.1) is 0 Å². The van der Waals surface area contributed by atoms with E-state index in [1.807, 2.05) is 0 Å². The summed E-state index contributed by atoms with van der Waals surface area (Å²) in [6.45, 7) is 5.59. The maximum Gasteiger partial charge on any atom is 0.0470 e. The lowest BCUT2D eigenvalue weighted by Gasteiger charge is -2.35. The Morgan fingerprint density at radius 3 is 2.76 bits per heavy atom. The SMILES string of the molecule is CCNC(c1cscc1Br)C1SCCSC1C. The molecular weight excluding hydrogens is 334 g/mol. The van der Waals surface area contributed by atoms with Crippen molar-refractivity contribution in [3.8, 4) is 0 Å². The number of hydrogen-bond donors (Lipinski definition) is 1. The van der Waals surface area contributed by atoms with E-state index in [0.29, 0.717) is 11.3 Å². The van der Waals surface area contributed by atoms with Crippen LogP contribution in [0.2, 0.25) is 0 Å². The topological polar surface area (TPSA) is 12.0 Å². The van der Waals surface area contributed by atoms with E-state index in [1.165, 1.54) is 21.5 Å². The van der Waals surface area contributed by atoms with Crippen LogP contribution in [-0.4, -0.2) is 28.6 Å². The normalized spacial score (nSPS) is 27.0. The molecule has 1 fully saturated rings. The van der Waals surface area contributed by atoms with Crippen LogP contribution < -0.4 is 5.32 Å². The molecule has 3 unspecified atom stereocenters. The molecule has 0 saturated carbocycles. The van der Waals surface area contributed by atoms with Gasteiger partial charge in [0.1, 0.15) is 0 Å². The van der Waals surface area contributed by atoms with Crippen LogP contribution in [-0.2, 0) is 0 Å². The molecule has 0 spiro atoms. The Morgan fingerprint density at radius 2 is 2.18 bits per heavy atom. The number of nitrogens with one attached hydrogen (secondary N) is 1. The molecule has 1 aromatic heterocycles. The van der Waals surface area contributed by atoms with Gasteiger partial charge in [0.15, 0.2) is 0 Å². The molecule has 17 heavy (non-hydrogen) atoms. The van der Waals surface area contributed by atoms with Crippen LogP contribution >= 0.6 is 50.8 Å². The zero-order valence-electron chi connectivity index (χ0n) is 10.1. The molecule has 1 nitrogen and oxygen atoms in total. The third-order valence-corrected chi connectivity index (χ3v) is 7.91. The molecule has 2 heterocycles. The molecule has 0 aliphatic carbocycles. The van der Waals surface area contributed by atoms with Crippen molar-refractivity contribution in [2.75, 3.05) is 18.1 Å². The van der Waals surface area contributed by atoms with Crippen LogP contribution in [0.3, 0.4) is 0 Å². The highest BCUT2D eigenvalue weighted by molar-refractivity contribution is 9.10. The number of hydrogen-bond acceptors (Lipinski definition) is 4. The molecule has 1 N–H and O–H groups in total. The summed E-state index contributed by atoms with van der Waals surface area (Å²) in [5.41, 5.74) is 1.43. The highest BCUT2D eigenvalue weighted by Crippen LogP contribution is 2.41. The molecular formula is C12H18BrNS3. The lowest BCUT2D eigenvalue weighted by Crippen LogP contribution is -2.37. The van der Waals surface area contributed by atoms with Crippen molar-refractivity contribution in [3.05, 3.63) is 20.8 Å². The van der Waals surface area contributed by atoms with Crippen molar-refractivity contribution in [2.24, 2.45) is 0 Å². The quantitative estimate of drug-likeness (QED) is 0.863. The van der Waals surface area contributed by atoms with Gasteiger partial charge in [-0.05, 0) is 33.4 Å². The van der Waals surface area contributed by atoms with Crippen LogP contribution in [0.5, 0.6) is 0 Å². The van der Waals surface area contributed by atoms with Gasteiger partial charge >= 0.3 is 0 Å². The van der Waals surface area contributed by atoms with E-state index in [9.17, 15) is 0 Å². The maximum absolute atomic E-state index is 3.68. The second kappa shape index (κ2) is 6.85. The molecule has 3 atom stereocenters. The summed E-state index contributed by atoms with van der Waals surface area (Å²) in [6.07, 6.45) is 0. The predicted octanol–water partition coefficient (Wildman–Crippen LogP) is 4.40. The fraction of sp³-hybridized carbons (Fsp3) is 0.667. The lowest BCUT2D eigenvalue weighted by molar-refractivity contribution is 0.525. The van der Waals surface area contributed by atoms with E-state index >= 15 is 0 Å². The molecule has 1 aliphatic rings. The summed E-state index contributed by atoms with van der Waals surface area (Å²) in [5.74, 6) is 2.58. The first-order valence-corrected chi connectivity index (χ1v) is 9.75. The van der Waals surface area contributed by atoms with E-state index in [2.05, 4.69) is 69.4 Å². The van der Waals surface area contributed by atoms with Gasteiger partial charge in [0.2, 0.25) is 0 Å². The monoisotopic (exact) mass is 351 g/mol. The number of thioether (sulfide) groups is 2. The Kier molecular flexibility index (Phi) is 5.74. The average Bonchev–Trinajstić information content (AvgIpc) is 2.74. The van der Waals surface area contributed by atoms with Crippen molar-refractivity contribution >= 4 is 50.8 Å². The third-order valence-electron chi connectivity index (χ3n) is 2.97. The summed E-state index contributed by atoms with van der Waals surface area (Å²) in [6, 6.07) is 0.480. The minimum atomic E-state index is 0.480.